The highest BCUT2D eigenvalue weighted by atomic mass is 32.2. The van der Waals surface area contributed by atoms with Crippen molar-refractivity contribution in [1.82, 2.24) is 9.71 Å². The van der Waals surface area contributed by atoms with Gasteiger partial charge < -0.3 is 5.11 Å². The van der Waals surface area contributed by atoms with E-state index in [2.05, 4.69) is 9.71 Å². The van der Waals surface area contributed by atoms with Gasteiger partial charge in [0.25, 0.3) is 10.0 Å². The smallest absolute Gasteiger partial charge is 0.356 e. The predicted molar refractivity (Wildman–Crippen MR) is 72.1 cm³/mol. The molecule has 2 rings (SSSR count). The number of nitrogens with zero attached hydrogens (tertiary/aromatic N) is 1. The van der Waals surface area contributed by atoms with Crippen molar-refractivity contribution in [2.24, 2.45) is 0 Å². The number of sulfonamides is 1. The van der Waals surface area contributed by atoms with Gasteiger partial charge in [0.2, 0.25) is 0 Å². The van der Waals surface area contributed by atoms with Crippen molar-refractivity contribution in [3.05, 3.63) is 33.6 Å². The Morgan fingerprint density at radius 2 is 2.26 bits per heavy atom. The molecule has 0 saturated carbocycles. The Bertz CT molecular complexity index is 675. The maximum Gasteiger partial charge on any atom is 0.356 e. The molecule has 2 aromatic heterocycles. The molecule has 1 unspecified atom stereocenters. The lowest BCUT2D eigenvalue weighted by molar-refractivity contribution is 0.0687. The number of hydrogen-bond acceptors (Lipinski definition) is 6. The van der Waals surface area contributed by atoms with Crippen LogP contribution in [0.1, 0.15) is 29.0 Å². The van der Waals surface area contributed by atoms with E-state index in [0.29, 0.717) is 0 Å². The average Bonchev–Trinajstić information content (AvgIpc) is 3.00. The molecule has 0 spiro atoms. The normalized spacial score (nSPS) is 13.3. The predicted octanol–water partition coefficient (Wildman–Crippen LogP) is 1.94. The number of thiazole rings is 1. The number of rotatable bonds is 5. The van der Waals surface area contributed by atoms with Gasteiger partial charge in [-0.25, -0.2) is 22.9 Å². The summed E-state index contributed by atoms with van der Waals surface area (Å²) in [4.78, 5) is 14.5. The molecule has 0 aliphatic rings. The van der Waals surface area contributed by atoms with Gasteiger partial charge in [-0.3, -0.25) is 0 Å². The van der Waals surface area contributed by atoms with E-state index >= 15 is 0 Å². The number of nitrogens with one attached hydrogen (secondary N) is 1. The molecule has 2 N–H and O–H groups in total. The third-order valence-electron chi connectivity index (χ3n) is 2.36. The number of carboxylic acid groups (broad SMARTS) is 1. The average molecular weight is 318 g/mol. The van der Waals surface area contributed by atoms with Gasteiger partial charge >= 0.3 is 5.97 Å². The third kappa shape index (κ3) is 3.00. The second-order valence-electron chi connectivity index (χ2n) is 3.69. The lowest BCUT2D eigenvalue weighted by atomic mass is 10.2. The molecule has 0 aliphatic heterocycles. The third-order valence-corrected chi connectivity index (χ3v) is 5.97. The van der Waals surface area contributed by atoms with Crippen molar-refractivity contribution in [1.29, 1.82) is 0 Å². The lowest BCUT2D eigenvalue weighted by Crippen LogP contribution is -2.27. The van der Waals surface area contributed by atoms with E-state index in [4.69, 9.17) is 5.11 Å². The van der Waals surface area contributed by atoms with Crippen LogP contribution in [0, 0.1) is 0 Å². The quantitative estimate of drug-likeness (QED) is 0.878. The summed E-state index contributed by atoms with van der Waals surface area (Å²) in [6.07, 6.45) is 0. The highest BCUT2D eigenvalue weighted by molar-refractivity contribution is 7.91. The summed E-state index contributed by atoms with van der Waals surface area (Å²) < 4.78 is 26.4. The molecular formula is C10H10N2O4S3. The van der Waals surface area contributed by atoms with E-state index in [1.165, 1.54) is 16.8 Å². The first-order chi connectivity index (χ1) is 8.92. The monoisotopic (exact) mass is 318 g/mol. The van der Waals surface area contributed by atoms with Gasteiger partial charge in [0.15, 0.2) is 9.90 Å². The molecule has 0 aliphatic carbocycles. The van der Waals surface area contributed by atoms with E-state index in [0.717, 1.165) is 16.9 Å². The Kier molecular flexibility index (Phi) is 3.99. The highest BCUT2D eigenvalue weighted by Gasteiger charge is 2.27. The van der Waals surface area contributed by atoms with Gasteiger partial charge in [0.05, 0.1) is 5.51 Å². The first-order valence-corrected chi connectivity index (χ1v) is 8.43. The number of thiophene rings is 1. The fraction of sp³-hybridized carbons (Fsp3) is 0.200. The molecule has 0 radical (unpaired) electrons. The van der Waals surface area contributed by atoms with Gasteiger partial charge in [0.1, 0.15) is 0 Å². The maximum atomic E-state index is 12.1. The van der Waals surface area contributed by atoms with Crippen molar-refractivity contribution in [3.8, 4) is 0 Å². The summed E-state index contributed by atoms with van der Waals surface area (Å²) >= 11 is 2.25. The molecule has 2 aromatic rings. The Hall–Kier alpha value is -1.29. The summed E-state index contributed by atoms with van der Waals surface area (Å²) in [5.74, 6) is -1.36. The van der Waals surface area contributed by atoms with Crippen molar-refractivity contribution >= 4 is 38.7 Å². The van der Waals surface area contributed by atoms with Crippen LogP contribution in [-0.2, 0) is 10.0 Å². The van der Waals surface area contributed by atoms with E-state index in [9.17, 15) is 13.2 Å². The van der Waals surface area contributed by atoms with Gasteiger partial charge in [-0.2, -0.15) is 11.3 Å². The van der Waals surface area contributed by atoms with Crippen LogP contribution in [-0.4, -0.2) is 24.5 Å². The van der Waals surface area contributed by atoms with Gasteiger partial charge in [-0.15, -0.1) is 11.3 Å². The van der Waals surface area contributed by atoms with Gasteiger partial charge in [-0.05, 0) is 29.3 Å². The second kappa shape index (κ2) is 5.37. The minimum atomic E-state index is -3.89. The van der Waals surface area contributed by atoms with Crippen LogP contribution in [0.4, 0.5) is 0 Å². The lowest BCUT2D eigenvalue weighted by Gasteiger charge is -2.12. The first kappa shape index (κ1) is 14.1. The molecule has 1 atom stereocenters. The van der Waals surface area contributed by atoms with E-state index in [1.54, 1.807) is 6.92 Å². The van der Waals surface area contributed by atoms with Crippen LogP contribution in [0.5, 0.6) is 0 Å². The summed E-state index contributed by atoms with van der Waals surface area (Å²) in [7, 11) is -3.89. The number of carboxylic acids is 1. The number of carbonyl (C=O) groups is 1. The van der Waals surface area contributed by atoms with Crippen LogP contribution < -0.4 is 4.72 Å². The van der Waals surface area contributed by atoms with Crippen LogP contribution in [0.15, 0.2) is 26.5 Å². The molecule has 2 heterocycles. The zero-order valence-corrected chi connectivity index (χ0v) is 12.2. The van der Waals surface area contributed by atoms with Crippen LogP contribution >= 0.6 is 22.7 Å². The van der Waals surface area contributed by atoms with Crippen molar-refractivity contribution in [2.45, 2.75) is 17.2 Å². The van der Waals surface area contributed by atoms with Crippen molar-refractivity contribution < 1.29 is 18.3 Å². The second-order valence-corrected chi connectivity index (χ2v) is 7.24. The molecule has 0 amide bonds. The van der Waals surface area contributed by atoms with E-state index < -0.39 is 27.7 Å². The zero-order valence-electron chi connectivity index (χ0n) is 9.73. The molecular weight excluding hydrogens is 308 g/mol. The van der Waals surface area contributed by atoms with Gasteiger partial charge in [-0.1, -0.05) is 0 Å². The molecule has 0 bridgehead atoms. The molecule has 0 aromatic carbocycles. The largest absolute Gasteiger partial charge is 0.476 e. The van der Waals surface area contributed by atoms with Crippen molar-refractivity contribution in [3.63, 3.8) is 0 Å². The number of aromatic nitrogens is 1. The summed E-state index contributed by atoms with van der Waals surface area (Å²) in [6.45, 7) is 1.70. The van der Waals surface area contributed by atoms with Crippen molar-refractivity contribution in [2.75, 3.05) is 0 Å². The molecule has 0 fully saturated rings. The Morgan fingerprint density at radius 3 is 2.84 bits per heavy atom. The molecule has 9 heteroatoms. The Balaban J connectivity index is 2.28. The highest BCUT2D eigenvalue weighted by Crippen LogP contribution is 2.23. The SMILES string of the molecule is CC(NS(=O)(=O)c1scnc1C(=O)O)c1ccsc1. The zero-order chi connectivity index (χ0) is 14.0. The fourth-order valence-corrected chi connectivity index (χ4v) is 4.59. The molecule has 6 nitrogen and oxygen atoms in total. The van der Waals surface area contributed by atoms with Gasteiger partial charge in [0, 0.05) is 6.04 Å². The molecule has 102 valence electrons. The number of hydrogen-bond donors (Lipinski definition) is 2. The Labute approximate surface area is 117 Å². The topological polar surface area (TPSA) is 96.4 Å². The Morgan fingerprint density at radius 1 is 1.53 bits per heavy atom. The fourth-order valence-electron chi connectivity index (χ4n) is 1.44. The van der Waals surface area contributed by atoms with Crippen LogP contribution in [0.2, 0.25) is 0 Å². The van der Waals surface area contributed by atoms with E-state index in [1.807, 2.05) is 16.8 Å². The minimum absolute atomic E-state index is 0.276. The summed E-state index contributed by atoms with van der Waals surface area (Å²) in [5.41, 5.74) is 1.58. The summed E-state index contributed by atoms with van der Waals surface area (Å²) in [6, 6.07) is 1.38. The standard InChI is InChI=1S/C10H10N2O4S3/c1-6(7-2-3-17-4-7)12-19(15,16)10-8(9(13)14)11-5-18-10/h2-6,12H,1H3,(H,13,14). The number of aromatic carboxylic acids is 1. The van der Waals surface area contributed by atoms with Crippen LogP contribution in [0.3, 0.4) is 0 Å². The van der Waals surface area contributed by atoms with E-state index in [-0.39, 0.29) is 4.21 Å². The van der Waals surface area contributed by atoms with Crippen LogP contribution in [0.25, 0.3) is 0 Å². The molecule has 19 heavy (non-hydrogen) atoms. The summed E-state index contributed by atoms with van der Waals surface area (Å²) in [5, 5.41) is 12.6. The molecule has 0 saturated heterocycles. The first-order valence-electron chi connectivity index (χ1n) is 5.13. The minimum Gasteiger partial charge on any atom is -0.476 e. The maximum absolute atomic E-state index is 12.1.